The molecular formula is C20H25N3O3S. The highest BCUT2D eigenvalue weighted by Crippen LogP contribution is 2.26. The molecule has 1 aliphatic rings. The normalized spacial score (nSPS) is 15.7. The van der Waals surface area contributed by atoms with Gasteiger partial charge in [-0.3, -0.25) is 4.79 Å². The molecule has 1 aliphatic carbocycles. The van der Waals surface area contributed by atoms with Crippen LogP contribution in [0.15, 0.2) is 47.5 Å². The average molecular weight is 388 g/mol. The molecule has 1 aromatic carbocycles. The predicted octanol–water partition coefficient (Wildman–Crippen LogP) is 3.60. The Morgan fingerprint density at radius 1 is 1.11 bits per heavy atom. The minimum Gasteiger partial charge on any atom is -0.306 e. The topological polar surface area (TPSA) is 79.4 Å². The largest absolute Gasteiger partial charge is 0.306 e. The van der Waals surface area contributed by atoms with Crippen molar-refractivity contribution in [1.29, 1.82) is 0 Å². The van der Waals surface area contributed by atoms with E-state index in [9.17, 15) is 13.2 Å². The number of rotatable bonds is 5. The highest BCUT2D eigenvalue weighted by atomic mass is 32.2. The lowest BCUT2D eigenvalue weighted by atomic mass is 9.96. The minimum absolute atomic E-state index is 0.0545. The van der Waals surface area contributed by atoms with Gasteiger partial charge >= 0.3 is 0 Å². The Kier molecular flexibility index (Phi) is 5.92. The monoisotopic (exact) mass is 387 g/mol. The van der Waals surface area contributed by atoms with Crippen molar-refractivity contribution in [2.24, 2.45) is 0 Å². The maximum atomic E-state index is 12.9. The summed E-state index contributed by atoms with van der Waals surface area (Å²) in [7, 11) is -1.91. The lowest BCUT2D eigenvalue weighted by Gasteiger charge is -2.30. The standard InChI is InChI=1S/C20H25N3O3S/c1-15-7-6-14-21-19(15)22-20(24)16-10-12-18(13-11-16)27(25,26)23(2)17-8-4-3-5-9-17/h6-7,10-14,17H,3-5,8-9H2,1-2H3,(H,21,22,24). The fourth-order valence-electron chi connectivity index (χ4n) is 3.38. The highest BCUT2D eigenvalue weighted by Gasteiger charge is 2.29. The molecule has 0 spiro atoms. The molecule has 0 bridgehead atoms. The first-order valence-corrected chi connectivity index (χ1v) is 10.6. The first kappa shape index (κ1) is 19.5. The van der Waals surface area contributed by atoms with Gasteiger partial charge in [0.1, 0.15) is 5.82 Å². The number of carbonyl (C=O) groups is 1. The van der Waals surface area contributed by atoms with E-state index in [4.69, 9.17) is 0 Å². The average Bonchev–Trinajstić information content (AvgIpc) is 2.70. The van der Waals surface area contributed by atoms with Crippen molar-refractivity contribution >= 4 is 21.7 Å². The second-order valence-electron chi connectivity index (χ2n) is 6.96. The van der Waals surface area contributed by atoms with Gasteiger partial charge in [-0.15, -0.1) is 0 Å². The molecule has 3 rings (SSSR count). The number of nitrogens with one attached hydrogen (secondary N) is 1. The highest BCUT2D eigenvalue weighted by molar-refractivity contribution is 7.89. The van der Waals surface area contributed by atoms with Crippen LogP contribution < -0.4 is 5.32 Å². The van der Waals surface area contributed by atoms with Crippen LogP contribution in [-0.2, 0) is 10.0 Å². The van der Waals surface area contributed by atoms with Crippen LogP contribution in [0, 0.1) is 6.92 Å². The van der Waals surface area contributed by atoms with Crippen molar-refractivity contribution in [3.05, 3.63) is 53.7 Å². The van der Waals surface area contributed by atoms with Gasteiger partial charge in [0, 0.05) is 24.8 Å². The van der Waals surface area contributed by atoms with E-state index >= 15 is 0 Å². The Balaban J connectivity index is 1.74. The molecule has 1 N–H and O–H groups in total. The third-order valence-corrected chi connectivity index (χ3v) is 7.05. The van der Waals surface area contributed by atoms with Gasteiger partial charge in [0.15, 0.2) is 0 Å². The maximum Gasteiger partial charge on any atom is 0.256 e. The number of amides is 1. The molecule has 144 valence electrons. The van der Waals surface area contributed by atoms with Crippen molar-refractivity contribution < 1.29 is 13.2 Å². The molecule has 2 aromatic rings. The molecule has 0 aliphatic heterocycles. The second-order valence-corrected chi connectivity index (χ2v) is 8.96. The molecule has 0 unspecified atom stereocenters. The number of anilines is 1. The van der Waals surface area contributed by atoms with E-state index < -0.39 is 10.0 Å². The van der Waals surface area contributed by atoms with E-state index in [1.165, 1.54) is 35.0 Å². The van der Waals surface area contributed by atoms with Gasteiger partial charge in [0.25, 0.3) is 5.91 Å². The summed E-state index contributed by atoms with van der Waals surface area (Å²) in [6.07, 6.45) is 6.72. The van der Waals surface area contributed by atoms with Crippen molar-refractivity contribution in [3.63, 3.8) is 0 Å². The molecule has 1 aromatic heterocycles. The number of pyridine rings is 1. The van der Waals surface area contributed by atoms with Gasteiger partial charge in [-0.25, -0.2) is 13.4 Å². The molecule has 6 nitrogen and oxygen atoms in total. The number of hydrogen-bond donors (Lipinski definition) is 1. The van der Waals surface area contributed by atoms with E-state index in [1.54, 1.807) is 19.3 Å². The van der Waals surface area contributed by atoms with Crippen LogP contribution in [0.3, 0.4) is 0 Å². The summed E-state index contributed by atoms with van der Waals surface area (Å²) in [6, 6.07) is 9.78. The van der Waals surface area contributed by atoms with Gasteiger partial charge in [0.2, 0.25) is 10.0 Å². The number of sulfonamides is 1. The number of benzene rings is 1. The second kappa shape index (κ2) is 8.19. The zero-order chi connectivity index (χ0) is 19.4. The summed E-state index contributed by atoms with van der Waals surface area (Å²) in [5.41, 5.74) is 1.25. The summed E-state index contributed by atoms with van der Waals surface area (Å²) in [6.45, 7) is 1.86. The fraction of sp³-hybridized carbons (Fsp3) is 0.400. The third kappa shape index (κ3) is 4.36. The number of hydrogen-bond acceptors (Lipinski definition) is 4. The van der Waals surface area contributed by atoms with Crippen LogP contribution in [0.5, 0.6) is 0 Å². The first-order valence-electron chi connectivity index (χ1n) is 9.20. The first-order chi connectivity index (χ1) is 12.9. The Morgan fingerprint density at radius 2 is 1.78 bits per heavy atom. The summed E-state index contributed by atoms with van der Waals surface area (Å²) in [5, 5.41) is 2.75. The Hall–Kier alpha value is -2.25. The number of aryl methyl sites for hydroxylation is 1. The van der Waals surface area contributed by atoms with Crippen molar-refractivity contribution in [2.45, 2.75) is 50.0 Å². The third-order valence-electron chi connectivity index (χ3n) is 5.12. The maximum absolute atomic E-state index is 12.9. The summed E-state index contributed by atoms with van der Waals surface area (Å²) in [5.74, 6) is 0.178. The molecule has 0 radical (unpaired) electrons. The molecular weight excluding hydrogens is 362 g/mol. The Labute approximate surface area is 160 Å². The quantitative estimate of drug-likeness (QED) is 0.850. The molecule has 7 heteroatoms. The molecule has 0 saturated heterocycles. The lowest BCUT2D eigenvalue weighted by molar-refractivity contribution is 0.102. The van der Waals surface area contributed by atoms with E-state index in [0.717, 1.165) is 31.2 Å². The van der Waals surface area contributed by atoms with E-state index in [0.29, 0.717) is 11.4 Å². The van der Waals surface area contributed by atoms with Crippen molar-refractivity contribution in [2.75, 3.05) is 12.4 Å². The van der Waals surface area contributed by atoms with Gasteiger partial charge < -0.3 is 5.32 Å². The van der Waals surface area contributed by atoms with Crippen molar-refractivity contribution in [1.82, 2.24) is 9.29 Å². The van der Waals surface area contributed by atoms with Gasteiger partial charge in [-0.05, 0) is 55.7 Å². The molecule has 1 fully saturated rings. The molecule has 1 heterocycles. The van der Waals surface area contributed by atoms with E-state index in [2.05, 4.69) is 10.3 Å². The van der Waals surface area contributed by atoms with Crippen LogP contribution in [-0.4, -0.2) is 36.7 Å². The summed E-state index contributed by atoms with van der Waals surface area (Å²) >= 11 is 0. The Bertz CT molecular complexity index is 904. The van der Waals surface area contributed by atoms with Gasteiger partial charge in [-0.2, -0.15) is 4.31 Å². The van der Waals surface area contributed by atoms with Crippen molar-refractivity contribution in [3.8, 4) is 0 Å². The lowest BCUT2D eigenvalue weighted by Crippen LogP contribution is -2.38. The number of nitrogens with zero attached hydrogens (tertiary/aromatic N) is 2. The Morgan fingerprint density at radius 3 is 2.41 bits per heavy atom. The zero-order valence-electron chi connectivity index (χ0n) is 15.7. The van der Waals surface area contributed by atoms with Crippen LogP contribution in [0.2, 0.25) is 0 Å². The van der Waals surface area contributed by atoms with Crippen LogP contribution >= 0.6 is 0 Å². The SMILES string of the molecule is Cc1cccnc1NC(=O)c1ccc(S(=O)(=O)N(C)C2CCCCC2)cc1. The molecule has 1 amide bonds. The molecule has 0 atom stereocenters. The number of aromatic nitrogens is 1. The predicted molar refractivity (Wildman–Crippen MR) is 105 cm³/mol. The summed E-state index contributed by atoms with van der Waals surface area (Å²) in [4.78, 5) is 16.7. The van der Waals surface area contributed by atoms with Gasteiger partial charge in [-0.1, -0.05) is 25.3 Å². The molecule has 1 saturated carbocycles. The fourth-order valence-corrected chi connectivity index (χ4v) is 4.80. The molecule has 27 heavy (non-hydrogen) atoms. The smallest absolute Gasteiger partial charge is 0.256 e. The minimum atomic E-state index is -3.56. The van der Waals surface area contributed by atoms with Crippen LogP contribution in [0.25, 0.3) is 0 Å². The van der Waals surface area contributed by atoms with E-state index in [-0.39, 0.29) is 16.8 Å². The van der Waals surface area contributed by atoms with Gasteiger partial charge in [0.05, 0.1) is 4.90 Å². The van der Waals surface area contributed by atoms with E-state index in [1.807, 2.05) is 13.0 Å². The summed E-state index contributed by atoms with van der Waals surface area (Å²) < 4.78 is 27.2. The zero-order valence-corrected chi connectivity index (χ0v) is 16.5. The van der Waals surface area contributed by atoms with Crippen LogP contribution in [0.1, 0.15) is 48.0 Å². The van der Waals surface area contributed by atoms with Crippen LogP contribution in [0.4, 0.5) is 5.82 Å². The number of carbonyl (C=O) groups excluding carboxylic acids is 1.